The van der Waals surface area contributed by atoms with Crippen LogP contribution < -0.4 is 0 Å². The molecule has 4 rings (SSSR count). The zero-order valence-electron chi connectivity index (χ0n) is 14.3. The molecule has 2 saturated heterocycles. The summed E-state index contributed by atoms with van der Waals surface area (Å²) in [7, 11) is 0. The number of halogens is 1. The molecule has 26 heavy (non-hydrogen) atoms. The molecular formula is C18H22FN3O4. The summed E-state index contributed by atoms with van der Waals surface area (Å²) in [5.41, 5.74) is 0.209. The Hall–Kier alpha value is -1.87. The fourth-order valence-corrected chi connectivity index (χ4v) is 3.66. The third-order valence-electron chi connectivity index (χ3n) is 5.25. The summed E-state index contributed by atoms with van der Waals surface area (Å²) in [6, 6.07) is 6.06. The van der Waals surface area contributed by atoms with E-state index in [0.29, 0.717) is 30.3 Å². The first-order valence-corrected chi connectivity index (χ1v) is 8.84. The zero-order valence-corrected chi connectivity index (χ0v) is 14.3. The van der Waals surface area contributed by atoms with E-state index in [1.807, 2.05) is 0 Å². The van der Waals surface area contributed by atoms with Gasteiger partial charge >= 0.3 is 0 Å². The number of piperidine rings is 1. The molecule has 2 aliphatic heterocycles. The predicted octanol–water partition coefficient (Wildman–Crippen LogP) is 1.35. The number of aliphatic hydroxyl groups excluding tert-OH is 2. The molecule has 140 valence electrons. The molecule has 3 heterocycles. The molecule has 2 fully saturated rings. The molecule has 0 radical (unpaired) electrons. The maximum absolute atomic E-state index is 13.3. The van der Waals surface area contributed by atoms with Gasteiger partial charge in [-0.2, -0.15) is 0 Å². The molecule has 0 aliphatic carbocycles. The Morgan fingerprint density at radius 1 is 1.19 bits per heavy atom. The maximum Gasteiger partial charge on any atom is 0.247 e. The van der Waals surface area contributed by atoms with Crippen LogP contribution in [0, 0.1) is 5.82 Å². The Bertz CT molecular complexity index is 760. The van der Waals surface area contributed by atoms with Gasteiger partial charge in [-0.05, 0) is 31.0 Å². The van der Waals surface area contributed by atoms with Gasteiger partial charge in [-0.1, -0.05) is 6.07 Å². The molecule has 2 aliphatic rings. The van der Waals surface area contributed by atoms with Crippen molar-refractivity contribution in [2.24, 2.45) is 0 Å². The van der Waals surface area contributed by atoms with Crippen LogP contribution in [0.4, 0.5) is 4.39 Å². The van der Waals surface area contributed by atoms with Crippen molar-refractivity contribution in [2.45, 2.75) is 43.6 Å². The van der Waals surface area contributed by atoms with Crippen molar-refractivity contribution in [1.29, 1.82) is 0 Å². The number of aromatic nitrogens is 2. The second-order valence-electron chi connectivity index (χ2n) is 7.12. The first-order valence-electron chi connectivity index (χ1n) is 8.84. The highest BCUT2D eigenvalue weighted by Gasteiger charge is 2.43. The molecule has 1 spiro atoms. The van der Waals surface area contributed by atoms with Crippen LogP contribution in [0.1, 0.15) is 25.2 Å². The molecular weight excluding hydrogens is 341 g/mol. The van der Waals surface area contributed by atoms with Gasteiger partial charge in [0.05, 0.1) is 24.9 Å². The van der Waals surface area contributed by atoms with Crippen LogP contribution in [-0.2, 0) is 11.3 Å². The van der Waals surface area contributed by atoms with Crippen molar-refractivity contribution < 1.29 is 23.8 Å². The van der Waals surface area contributed by atoms with Crippen LogP contribution in [0.2, 0.25) is 0 Å². The van der Waals surface area contributed by atoms with Gasteiger partial charge in [0.25, 0.3) is 0 Å². The summed E-state index contributed by atoms with van der Waals surface area (Å²) in [4.78, 5) is 2.19. The minimum atomic E-state index is -0.793. The molecule has 0 saturated carbocycles. The molecule has 2 aromatic rings. The Labute approximate surface area is 150 Å². The van der Waals surface area contributed by atoms with Gasteiger partial charge in [-0.25, -0.2) is 4.39 Å². The minimum Gasteiger partial charge on any atom is -0.419 e. The summed E-state index contributed by atoms with van der Waals surface area (Å²) >= 11 is 0. The second-order valence-corrected chi connectivity index (χ2v) is 7.12. The van der Waals surface area contributed by atoms with Crippen molar-refractivity contribution >= 4 is 0 Å². The van der Waals surface area contributed by atoms with Crippen molar-refractivity contribution in [3.8, 4) is 11.5 Å². The summed E-state index contributed by atoms with van der Waals surface area (Å²) in [5.74, 6) is 0.448. The van der Waals surface area contributed by atoms with Gasteiger partial charge in [-0.3, -0.25) is 4.90 Å². The lowest BCUT2D eigenvalue weighted by Gasteiger charge is -2.46. The Morgan fingerprint density at radius 3 is 2.73 bits per heavy atom. The SMILES string of the molecule is O[C@@H]1CC2(CCN(Cc3nnc(-c4cccc(F)c4)o3)CC2)OC[C@@H]1O. The summed E-state index contributed by atoms with van der Waals surface area (Å²) in [6.45, 7) is 2.26. The fourth-order valence-electron chi connectivity index (χ4n) is 3.66. The lowest BCUT2D eigenvalue weighted by Crippen LogP contribution is -2.54. The van der Waals surface area contributed by atoms with Crippen molar-refractivity contribution in [2.75, 3.05) is 19.7 Å². The lowest BCUT2D eigenvalue weighted by molar-refractivity contribution is -0.188. The van der Waals surface area contributed by atoms with Gasteiger partial charge in [0, 0.05) is 25.1 Å². The van der Waals surface area contributed by atoms with Crippen LogP contribution in [0.3, 0.4) is 0 Å². The molecule has 0 amide bonds. The number of hydrogen-bond acceptors (Lipinski definition) is 7. The molecule has 1 aromatic carbocycles. The third-order valence-corrected chi connectivity index (χ3v) is 5.25. The van der Waals surface area contributed by atoms with Crippen molar-refractivity contribution in [3.63, 3.8) is 0 Å². The van der Waals surface area contributed by atoms with Crippen molar-refractivity contribution in [3.05, 3.63) is 36.0 Å². The van der Waals surface area contributed by atoms with Gasteiger partial charge in [0.15, 0.2) is 0 Å². The van der Waals surface area contributed by atoms with Gasteiger partial charge < -0.3 is 19.4 Å². The quantitative estimate of drug-likeness (QED) is 0.850. The van der Waals surface area contributed by atoms with Crippen LogP contribution in [0.5, 0.6) is 0 Å². The van der Waals surface area contributed by atoms with E-state index >= 15 is 0 Å². The van der Waals surface area contributed by atoms with Crippen LogP contribution in [0.15, 0.2) is 28.7 Å². The van der Waals surface area contributed by atoms with Crippen LogP contribution in [0.25, 0.3) is 11.5 Å². The number of nitrogens with zero attached hydrogens (tertiary/aromatic N) is 3. The minimum absolute atomic E-state index is 0.182. The monoisotopic (exact) mass is 363 g/mol. The summed E-state index contributed by atoms with van der Waals surface area (Å²) in [6.07, 6.45) is 0.508. The smallest absolute Gasteiger partial charge is 0.247 e. The van der Waals surface area contributed by atoms with Crippen LogP contribution >= 0.6 is 0 Å². The topological polar surface area (TPSA) is 91.9 Å². The lowest BCUT2D eigenvalue weighted by atomic mass is 9.82. The average molecular weight is 363 g/mol. The van der Waals surface area contributed by atoms with E-state index in [9.17, 15) is 14.6 Å². The highest BCUT2D eigenvalue weighted by atomic mass is 19.1. The predicted molar refractivity (Wildman–Crippen MR) is 89.5 cm³/mol. The second kappa shape index (κ2) is 7.03. The van der Waals surface area contributed by atoms with E-state index < -0.39 is 12.2 Å². The average Bonchev–Trinajstić information content (AvgIpc) is 3.09. The number of aliphatic hydroxyl groups is 2. The number of benzene rings is 1. The first kappa shape index (κ1) is 17.5. The van der Waals surface area contributed by atoms with E-state index in [4.69, 9.17) is 9.15 Å². The third kappa shape index (κ3) is 3.64. The van der Waals surface area contributed by atoms with E-state index in [2.05, 4.69) is 15.1 Å². The standard InChI is InChI=1S/C18H22FN3O4/c19-13-3-1-2-12(8-13)17-21-20-16(26-17)10-22-6-4-18(5-7-22)9-14(23)15(24)11-25-18/h1-3,8,14-15,23-24H,4-7,9-11H2/t14-,15+/m1/s1. The molecule has 2 N–H and O–H groups in total. The molecule has 8 heteroatoms. The molecule has 0 bridgehead atoms. The number of rotatable bonds is 3. The first-order chi connectivity index (χ1) is 12.5. The number of likely N-dealkylation sites (tertiary alicyclic amines) is 1. The Balaban J connectivity index is 1.35. The normalized spacial score (nSPS) is 26.3. The largest absolute Gasteiger partial charge is 0.419 e. The van der Waals surface area contributed by atoms with E-state index in [-0.39, 0.29) is 18.0 Å². The zero-order chi connectivity index (χ0) is 18.1. The van der Waals surface area contributed by atoms with E-state index in [0.717, 1.165) is 25.9 Å². The Kier molecular flexibility index (Phi) is 4.74. The summed E-state index contributed by atoms with van der Waals surface area (Å²) in [5, 5.41) is 27.6. The number of ether oxygens (including phenoxy) is 1. The van der Waals surface area contributed by atoms with Gasteiger partial charge in [0.1, 0.15) is 11.9 Å². The van der Waals surface area contributed by atoms with Gasteiger partial charge in [-0.15, -0.1) is 10.2 Å². The van der Waals surface area contributed by atoms with Gasteiger partial charge in [0.2, 0.25) is 11.8 Å². The van der Waals surface area contributed by atoms with E-state index in [1.165, 1.54) is 12.1 Å². The molecule has 1 aromatic heterocycles. The highest BCUT2D eigenvalue weighted by molar-refractivity contribution is 5.52. The molecule has 7 nitrogen and oxygen atoms in total. The van der Waals surface area contributed by atoms with Crippen LogP contribution in [-0.4, -0.2) is 62.8 Å². The molecule has 2 atom stereocenters. The Morgan fingerprint density at radius 2 is 2.00 bits per heavy atom. The fraction of sp³-hybridized carbons (Fsp3) is 0.556. The van der Waals surface area contributed by atoms with Crippen molar-refractivity contribution in [1.82, 2.24) is 15.1 Å². The molecule has 0 unspecified atom stereocenters. The maximum atomic E-state index is 13.3. The summed E-state index contributed by atoms with van der Waals surface area (Å²) < 4.78 is 24.8. The van der Waals surface area contributed by atoms with E-state index in [1.54, 1.807) is 12.1 Å². The number of hydrogen-bond donors (Lipinski definition) is 2. The highest BCUT2D eigenvalue weighted by Crippen LogP contribution is 2.35.